The Labute approximate surface area is 122 Å². The number of carbonyl (C=O) groups excluding carboxylic acids is 1. The Morgan fingerprint density at radius 1 is 1.25 bits per heavy atom. The number of thiophene rings is 1. The lowest BCUT2D eigenvalue weighted by Crippen LogP contribution is -2.29. The number of amides is 1. The predicted octanol–water partition coefficient (Wildman–Crippen LogP) is 2.27. The van der Waals surface area contributed by atoms with Gasteiger partial charge in [-0.05, 0) is 24.6 Å². The minimum atomic E-state index is 0.355. The SMILES string of the molecule is O=CN1CCCN(Cc2cc3c(O)cccc3s2)CC1. The predicted molar refractivity (Wildman–Crippen MR) is 81.0 cm³/mol. The van der Waals surface area contributed by atoms with Crippen LogP contribution in [0.1, 0.15) is 11.3 Å². The number of carbonyl (C=O) groups is 1. The maximum Gasteiger partial charge on any atom is 0.209 e. The summed E-state index contributed by atoms with van der Waals surface area (Å²) < 4.78 is 1.13. The molecule has 0 aliphatic carbocycles. The fraction of sp³-hybridized carbons (Fsp3) is 0.400. The van der Waals surface area contributed by atoms with E-state index in [0.29, 0.717) is 5.75 Å². The summed E-state index contributed by atoms with van der Waals surface area (Å²) in [6, 6.07) is 7.73. The number of hydrogen-bond acceptors (Lipinski definition) is 4. The lowest BCUT2D eigenvalue weighted by atomic mass is 10.2. The molecular formula is C15H18N2O2S. The van der Waals surface area contributed by atoms with E-state index in [4.69, 9.17) is 0 Å². The van der Waals surface area contributed by atoms with Crippen molar-refractivity contribution >= 4 is 27.8 Å². The van der Waals surface area contributed by atoms with E-state index < -0.39 is 0 Å². The highest BCUT2D eigenvalue weighted by atomic mass is 32.1. The van der Waals surface area contributed by atoms with Crippen molar-refractivity contribution < 1.29 is 9.90 Å². The summed E-state index contributed by atoms with van der Waals surface area (Å²) in [4.78, 5) is 16.3. The second-order valence-electron chi connectivity index (χ2n) is 5.17. The van der Waals surface area contributed by atoms with Crippen LogP contribution in [0, 0.1) is 0 Å². The molecule has 1 aliphatic heterocycles. The number of nitrogens with zero attached hydrogens (tertiary/aromatic N) is 2. The van der Waals surface area contributed by atoms with Crippen LogP contribution in [0.3, 0.4) is 0 Å². The van der Waals surface area contributed by atoms with Crippen LogP contribution in [0.5, 0.6) is 5.75 Å². The Hall–Kier alpha value is -1.59. The molecule has 1 aromatic carbocycles. The molecule has 1 aromatic heterocycles. The highest BCUT2D eigenvalue weighted by Crippen LogP contribution is 2.32. The quantitative estimate of drug-likeness (QED) is 0.882. The van der Waals surface area contributed by atoms with Crippen LogP contribution in [0.15, 0.2) is 24.3 Å². The zero-order chi connectivity index (χ0) is 13.9. The third kappa shape index (κ3) is 2.78. The Balaban J connectivity index is 1.72. The number of aromatic hydroxyl groups is 1. The van der Waals surface area contributed by atoms with E-state index in [2.05, 4.69) is 11.0 Å². The molecular weight excluding hydrogens is 272 g/mol. The minimum absolute atomic E-state index is 0.355. The van der Waals surface area contributed by atoms with Gasteiger partial charge in [-0.1, -0.05) is 6.07 Å². The molecule has 0 saturated carbocycles. The van der Waals surface area contributed by atoms with Gasteiger partial charge < -0.3 is 10.0 Å². The maximum atomic E-state index is 10.8. The Kier molecular flexibility index (Phi) is 3.89. The van der Waals surface area contributed by atoms with Gasteiger partial charge in [-0.3, -0.25) is 9.69 Å². The van der Waals surface area contributed by atoms with Gasteiger partial charge in [0.2, 0.25) is 6.41 Å². The Morgan fingerprint density at radius 2 is 2.15 bits per heavy atom. The highest BCUT2D eigenvalue weighted by Gasteiger charge is 2.15. The van der Waals surface area contributed by atoms with Crippen molar-refractivity contribution in [3.63, 3.8) is 0 Å². The molecule has 20 heavy (non-hydrogen) atoms. The van der Waals surface area contributed by atoms with Crippen molar-refractivity contribution in [3.8, 4) is 5.75 Å². The van der Waals surface area contributed by atoms with E-state index in [1.807, 2.05) is 17.0 Å². The molecule has 1 N–H and O–H groups in total. The zero-order valence-electron chi connectivity index (χ0n) is 11.3. The van der Waals surface area contributed by atoms with E-state index in [9.17, 15) is 9.90 Å². The molecule has 0 unspecified atom stereocenters. The molecule has 1 amide bonds. The van der Waals surface area contributed by atoms with E-state index >= 15 is 0 Å². The van der Waals surface area contributed by atoms with Gasteiger partial charge in [-0.25, -0.2) is 0 Å². The van der Waals surface area contributed by atoms with Crippen molar-refractivity contribution in [2.45, 2.75) is 13.0 Å². The van der Waals surface area contributed by atoms with Crippen molar-refractivity contribution in [2.75, 3.05) is 26.2 Å². The summed E-state index contributed by atoms with van der Waals surface area (Å²) >= 11 is 1.73. The van der Waals surface area contributed by atoms with Gasteiger partial charge in [0.05, 0.1) is 0 Å². The number of hydrogen-bond donors (Lipinski definition) is 1. The fourth-order valence-electron chi connectivity index (χ4n) is 2.65. The van der Waals surface area contributed by atoms with Crippen LogP contribution in [-0.4, -0.2) is 47.5 Å². The zero-order valence-corrected chi connectivity index (χ0v) is 12.1. The van der Waals surface area contributed by atoms with E-state index in [0.717, 1.165) is 55.6 Å². The maximum absolute atomic E-state index is 10.8. The molecule has 5 heteroatoms. The Morgan fingerprint density at radius 3 is 2.95 bits per heavy atom. The minimum Gasteiger partial charge on any atom is -0.507 e. The van der Waals surface area contributed by atoms with Gasteiger partial charge in [0.15, 0.2) is 0 Å². The molecule has 0 spiro atoms. The summed E-state index contributed by atoms with van der Waals surface area (Å²) in [5, 5.41) is 10.8. The first-order chi connectivity index (χ1) is 9.76. The molecule has 0 atom stereocenters. The van der Waals surface area contributed by atoms with Gasteiger partial charge in [-0.15, -0.1) is 11.3 Å². The summed E-state index contributed by atoms with van der Waals surface area (Å²) in [6.07, 6.45) is 1.97. The first-order valence-electron chi connectivity index (χ1n) is 6.88. The molecule has 1 aliphatic rings. The average molecular weight is 290 g/mol. The molecule has 0 radical (unpaired) electrons. The first kappa shape index (κ1) is 13.4. The van der Waals surface area contributed by atoms with Gasteiger partial charge >= 0.3 is 0 Å². The third-order valence-corrected chi connectivity index (χ3v) is 4.83. The van der Waals surface area contributed by atoms with E-state index in [-0.39, 0.29) is 0 Å². The van der Waals surface area contributed by atoms with Crippen LogP contribution in [0.25, 0.3) is 10.1 Å². The average Bonchev–Trinajstić information content (AvgIpc) is 2.72. The van der Waals surface area contributed by atoms with Crippen molar-refractivity contribution in [1.29, 1.82) is 0 Å². The molecule has 3 rings (SSSR count). The van der Waals surface area contributed by atoms with Crippen molar-refractivity contribution in [3.05, 3.63) is 29.1 Å². The Bertz CT molecular complexity index is 611. The lowest BCUT2D eigenvalue weighted by Gasteiger charge is -2.18. The molecule has 4 nitrogen and oxygen atoms in total. The second-order valence-corrected chi connectivity index (χ2v) is 6.34. The molecule has 2 aromatic rings. The number of benzene rings is 1. The van der Waals surface area contributed by atoms with E-state index in [1.165, 1.54) is 4.88 Å². The van der Waals surface area contributed by atoms with Gasteiger partial charge in [0.25, 0.3) is 0 Å². The monoisotopic (exact) mass is 290 g/mol. The molecule has 2 heterocycles. The number of phenolic OH excluding ortho intramolecular Hbond substituents is 1. The standard InChI is InChI=1S/C15H18N2O2S/c18-11-17-6-2-5-16(7-8-17)10-12-9-13-14(19)3-1-4-15(13)20-12/h1,3-4,9,11,19H,2,5-8,10H2. The first-order valence-corrected chi connectivity index (χ1v) is 7.70. The van der Waals surface area contributed by atoms with Crippen LogP contribution in [0.4, 0.5) is 0 Å². The van der Waals surface area contributed by atoms with Crippen molar-refractivity contribution in [2.24, 2.45) is 0 Å². The summed E-state index contributed by atoms with van der Waals surface area (Å²) in [5.74, 6) is 0.355. The third-order valence-electron chi connectivity index (χ3n) is 3.74. The van der Waals surface area contributed by atoms with Crippen LogP contribution < -0.4 is 0 Å². The van der Waals surface area contributed by atoms with E-state index in [1.54, 1.807) is 17.4 Å². The van der Waals surface area contributed by atoms with Crippen LogP contribution in [-0.2, 0) is 11.3 Å². The number of phenols is 1. The van der Waals surface area contributed by atoms with Crippen LogP contribution in [0.2, 0.25) is 0 Å². The highest BCUT2D eigenvalue weighted by molar-refractivity contribution is 7.19. The molecule has 0 bridgehead atoms. The topological polar surface area (TPSA) is 43.8 Å². The van der Waals surface area contributed by atoms with Gasteiger partial charge in [-0.2, -0.15) is 0 Å². The second kappa shape index (κ2) is 5.81. The summed E-state index contributed by atoms with van der Waals surface area (Å²) in [7, 11) is 0. The molecule has 106 valence electrons. The molecule has 1 saturated heterocycles. The number of rotatable bonds is 3. The summed E-state index contributed by atoms with van der Waals surface area (Å²) in [6.45, 7) is 4.49. The normalized spacial score (nSPS) is 17.3. The van der Waals surface area contributed by atoms with Crippen molar-refractivity contribution in [1.82, 2.24) is 9.80 Å². The smallest absolute Gasteiger partial charge is 0.209 e. The summed E-state index contributed by atoms with van der Waals surface area (Å²) in [5.41, 5.74) is 0. The largest absolute Gasteiger partial charge is 0.507 e. The van der Waals surface area contributed by atoms with Crippen LogP contribution >= 0.6 is 11.3 Å². The van der Waals surface area contributed by atoms with Gasteiger partial charge in [0.1, 0.15) is 5.75 Å². The number of fused-ring (bicyclic) bond motifs is 1. The lowest BCUT2D eigenvalue weighted by molar-refractivity contribution is -0.118. The fourth-order valence-corrected chi connectivity index (χ4v) is 3.78. The molecule has 1 fully saturated rings. The van der Waals surface area contributed by atoms with Gasteiger partial charge in [0, 0.05) is 47.7 Å².